The zero-order valence-electron chi connectivity index (χ0n) is 29.4. The summed E-state index contributed by atoms with van der Waals surface area (Å²) < 4.78 is 2.67. The smallest absolute Gasteiger partial charge is 0.0713 e. The van der Waals surface area contributed by atoms with E-state index < -0.39 is 5.41 Å². The normalized spacial score (nSPS) is 13.3. The Morgan fingerprint density at radius 1 is 0.333 bits per heavy atom. The molecule has 12 rings (SSSR count). The van der Waals surface area contributed by atoms with Crippen molar-refractivity contribution in [3.05, 3.63) is 216 Å². The molecule has 0 saturated carbocycles. The molecule has 0 saturated heterocycles. The van der Waals surface area contributed by atoms with Gasteiger partial charge in [0.25, 0.3) is 0 Å². The van der Waals surface area contributed by atoms with Crippen molar-refractivity contribution in [2.45, 2.75) is 5.41 Å². The maximum absolute atomic E-state index is 2.48. The summed E-state index contributed by atoms with van der Waals surface area (Å²) in [5.41, 5.74) is 12.3. The Bertz CT molecular complexity index is 3230. The Hall–Kier alpha value is -6.54. The molecule has 1 aliphatic carbocycles. The molecule has 10 aromatic carbocycles. The van der Waals surface area contributed by atoms with E-state index in [0.29, 0.717) is 0 Å². The average molecular weight is 701 g/mol. The number of fused-ring (bicyclic) bond motifs is 6. The van der Waals surface area contributed by atoms with Gasteiger partial charge >= 0.3 is 0 Å². The number of hydrogen-bond acceptors (Lipinski definition) is 1. The predicted molar refractivity (Wildman–Crippen MR) is 231 cm³/mol. The van der Waals surface area contributed by atoms with Crippen molar-refractivity contribution in [1.29, 1.82) is 0 Å². The summed E-state index contributed by atoms with van der Waals surface area (Å²) in [5, 5.41) is 10.5. The van der Waals surface area contributed by atoms with Crippen LogP contribution >= 0.6 is 11.3 Å². The fraction of sp³-hybridized carbons (Fsp3) is 0.0189. The van der Waals surface area contributed by atoms with E-state index in [0.717, 1.165) is 0 Å². The van der Waals surface area contributed by atoms with Crippen LogP contribution in [0.15, 0.2) is 194 Å². The van der Waals surface area contributed by atoms with Gasteiger partial charge < -0.3 is 0 Å². The van der Waals surface area contributed by atoms with Crippen molar-refractivity contribution < 1.29 is 0 Å². The minimum Gasteiger partial charge on any atom is -0.135 e. The predicted octanol–water partition coefficient (Wildman–Crippen LogP) is 14.6. The molecule has 0 fully saturated rings. The Morgan fingerprint density at radius 3 is 1.61 bits per heavy atom. The van der Waals surface area contributed by atoms with Crippen molar-refractivity contribution >= 4 is 63.8 Å². The highest BCUT2D eigenvalue weighted by molar-refractivity contribution is 7.26. The first kappa shape index (κ1) is 30.0. The zero-order chi connectivity index (χ0) is 35.4. The third-order valence-electron chi connectivity index (χ3n) is 12.1. The molecule has 0 amide bonds. The van der Waals surface area contributed by atoms with Gasteiger partial charge in [0.2, 0.25) is 0 Å². The van der Waals surface area contributed by atoms with E-state index in [-0.39, 0.29) is 0 Å². The Morgan fingerprint density at radius 2 is 0.870 bits per heavy atom. The van der Waals surface area contributed by atoms with Crippen LogP contribution in [0.4, 0.5) is 0 Å². The molecular formula is C53H32S. The highest BCUT2D eigenvalue weighted by Gasteiger charge is 2.46. The minimum atomic E-state index is -0.517. The summed E-state index contributed by atoms with van der Waals surface area (Å²) in [7, 11) is 0. The van der Waals surface area contributed by atoms with Crippen molar-refractivity contribution in [2.75, 3.05) is 0 Å². The molecule has 1 heteroatoms. The number of hydrogen-bond donors (Lipinski definition) is 0. The molecule has 0 atom stereocenters. The average Bonchev–Trinajstić information content (AvgIpc) is 3.77. The number of benzene rings is 10. The molecule has 1 aromatic heterocycles. The summed E-state index contributed by atoms with van der Waals surface area (Å²) in [6.07, 6.45) is 0. The van der Waals surface area contributed by atoms with Crippen LogP contribution in [0.2, 0.25) is 0 Å². The van der Waals surface area contributed by atoms with Crippen molar-refractivity contribution in [3.8, 4) is 33.4 Å². The van der Waals surface area contributed by atoms with Gasteiger partial charge in [0.1, 0.15) is 0 Å². The van der Waals surface area contributed by atoms with Crippen LogP contribution in [-0.4, -0.2) is 0 Å². The molecule has 0 spiro atoms. The lowest BCUT2D eigenvalue weighted by Gasteiger charge is -2.34. The minimum absolute atomic E-state index is 0.517. The lowest BCUT2D eigenvalue weighted by molar-refractivity contribution is 0.769. The monoisotopic (exact) mass is 700 g/mol. The Labute approximate surface area is 317 Å². The second-order valence-corrected chi connectivity index (χ2v) is 15.8. The van der Waals surface area contributed by atoms with Gasteiger partial charge in [-0.3, -0.25) is 0 Å². The molecule has 0 nitrogen and oxygen atoms in total. The fourth-order valence-electron chi connectivity index (χ4n) is 9.83. The molecule has 54 heavy (non-hydrogen) atoms. The van der Waals surface area contributed by atoms with Gasteiger partial charge in [0.15, 0.2) is 0 Å². The molecule has 0 N–H and O–H groups in total. The van der Waals surface area contributed by atoms with Crippen LogP contribution in [0.25, 0.3) is 85.9 Å². The summed E-state index contributed by atoms with van der Waals surface area (Å²) in [4.78, 5) is 0. The van der Waals surface area contributed by atoms with E-state index in [1.54, 1.807) is 0 Å². The zero-order valence-corrected chi connectivity index (χ0v) is 30.2. The lowest BCUT2D eigenvalue weighted by Crippen LogP contribution is -2.28. The molecule has 11 aromatic rings. The first-order valence-corrected chi connectivity index (χ1v) is 19.6. The quantitative estimate of drug-likeness (QED) is 0.160. The molecule has 1 aliphatic rings. The van der Waals surface area contributed by atoms with Gasteiger partial charge in [-0.05, 0) is 106 Å². The third-order valence-corrected chi connectivity index (χ3v) is 13.3. The Kier molecular flexibility index (Phi) is 6.23. The van der Waals surface area contributed by atoms with E-state index in [1.807, 2.05) is 11.3 Å². The number of rotatable bonds is 4. The van der Waals surface area contributed by atoms with Crippen molar-refractivity contribution in [1.82, 2.24) is 0 Å². The maximum Gasteiger partial charge on any atom is 0.0713 e. The van der Waals surface area contributed by atoms with Gasteiger partial charge in [0, 0.05) is 20.2 Å². The number of thiophene rings is 1. The van der Waals surface area contributed by atoms with Gasteiger partial charge in [-0.25, -0.2) is 0 Å². The Balaban J connectivity index is 1.13. The molecule has 1 heterocycles. The summed E-state index contributed by atoms with van der Waals surface area (Å²) in [6.45, 7) is 0. The van der Waals surface area contributed by atoms with Gasteiger partial charge in [0.05, 0.1) is 5.41 Å². The summed E-state index contributed by atoms with van der Waals surface area (Å²) in [6, 6.07) is 73.0. The van der Waals surface area contributed by atoms with Crippen LogP contribution in [0.5, 0.6) is 0 Å². The van der Waals surface area contributed by atoms with Crippen LogP contribution in [-0.2, 0) is 5.41 Å². The molecule has 0 radical (unpaired) electrons. The lowest BCUT2D eigenvalue weighted by atomic mass is 9.67. The second kappa shape index (κ2) is 11.2. The van der Waals surface area contributed by atoms with E-state index >= 15 is 0 Å². The second-order valence-electron chi connectivity index (χ2n) is 14.8. The van der Waals surface area contributed by atoms with Gasteiger partial charge in [-0.2, -0.15) is 0 Å². The SMILES string of the molecule is c1cc(-c2ccc3ccc4cccc5ccc2c3c45)cc(C2(c3cccc(-c4cccc5c4sc4ccccc45)c3)c3ccccc3-c3ccccc32)c1. The topological polar surface area (TPSA) is 0 Å². The largest absolute Gasteiger partial charge is 0.135 e. The van der Waals surface area contributed by atoms with Crippen molar-refractivity contribution in [3.63, 3.8) is 0 Å². The standard InChI is InChI=1S/C53H32S/c1-4-22-47-42(17-1)43-18-2-5-23-48(43)53(47,39-16-9-14-37(32-39)41-20-10-21-46-44-19-3-6-24-49(44)54-52(41)46)38-15-8-13-36(31-38)40-29-27-35-26-25-33-11-7-12-34-28-30-45(40)51(35)50(33)34/h1-32H. The van der Waals surface area contributed by atoms with Crippen LogP contribution < -0.4 is 0 Å². The first-order valence-electron chi connectivity index (χ1n) is 18.8. The highest BCUT2D eigenvalue weighted by atomic mass is 32.1. The molecule has 250 valence electrons. The van der Waals surface area contributed by atoms with Crippen LogP contribution in [0.1, 0.15) is 22.3 Å². The molecule has 0 bridgehead atoms. The van der Waals surface area contributed by atoms with Gasteiger partial charge in [-0.1, -0.05) is 176 Å². The van der Waals surface area contributed by atoms with E-state index in [9.17, 15) is 0 Å². The molecule has 0 aliphatic heterocycles. The third kappa shape index (κ3) is 4.02. The van der Waals surface area contributed by atoms with E-state index in [1.165, 1.54) is 108 Å². The van der Waals surface area contributed by atoms with Crippen LogP contribution in [0.3, 0.4) is 0 Å². The maximum atomic E-state index is 2.48. The molecule has 0 unspecified atom stereocenters. The highest BCUT2D eigenvalue weighted by Crippen LogP contribution is 2.57. The fourth-order valence-corrected chi connectivity index (χ4v) is 11.1. The van der Waals surface area contributed by atoms with Crippen LogP contribution in [0, 0.1) is 0 Å². The van der Waals surface area contributed by atoms with Gasteiger partial charge in [-0.15, -0.1) is 11.3 Å². The molecular weight excluding hydrogens is 669 g/mol. The van der Waals surface area contributed by atoms with Crippen molar-refractivity contribution in [2.24, 2.45) is 0 Å². The first-order chi connectivity index (χ1) is 26.8. The van der Waals surface area contributed by atoms with E-state index in [4.69, 9.17) is 0 Å². The summed E-state index contributed by atoms with van der Waals surface area (Å²) in [5.74, 6) is 0. The van der Waals surface area contributed by atoms with E-state index in [2.05, 4.69) is 194 Å². The summed E-state index contributed by atoms with van der Waals surface area (Å²) >= 11 is 1.90.